The standard InChI is InChI=1S/C31H35N3O4/c1-19-15-20(2)17-23(16-19)33-28(35)25-24-13-14-31(38-24)26(25)30(37)34(18-21-9-5-3-6-10-21)27(31)29(36)32-22-11-7-4-8-12-22/h3,5-6,9-10,13-17,22,24-27H,4,7-8,11-12,18H2,1-2H3,(H,32,36)(H,33,35). The molecule has 3 aliphatic heterocycles. The number of ether oxygens (including phenoxy) is 1. The van der Waals surface area contributed by atoms with Crippen molar-refractivity contribution in [2.75, 3.05) is 5.32 Å². The van der Waals surface area contributed by atoms with E-state index in [1.54, 1.807) is 4.90 Å². The van der Waals surface area contributed by atoms with Crippen LogP contribution in [-0.4, -0.2) is 46.4 Å². The molecule has 1 aliphatic carbocycles. The first-order valence-electron chi connectivity index (χ1n) is 13.8. The minimum Gasteiger partial charge on any atom is -0.359 e. The van der Waals surface area contributed by atoms with Crippen LogP contribution < -0.4 is 10.6 Å². The number of nitrogens with zero attached hydrogens (tertiary/aromatic N) is 1. The lowest BCUT2D eigenvalue weighted by Gasteiger charge is -2.34. The SMILES string of the molecule is Cc1cc(C)cc(NC(=O)C2C3C=CC4(O3)C2C(=O)N(Cc2ccccc2)C4C(=O)NC2CCCCC2)c1. The van der Waals surface area contributed by atoms with Gasteiger partial charge in [0.05, 0.1) is 17.9 Å². The van der Waals surface area contributed by atoms with Crippen molar-refractivity contribution in [2.24, 2.45) is 11.8 Å². The number of aryl methyl sites for hydroxylation is 2. The number of nitrogens with one attached hydrogen (secondary N) is 2. The predicted octanol–water partition coefficient (Wildman–Crippen LogP) is 4.04. The van der Waals surface area contributed by atoms with Gasteiger partial charge in [-0.3, -0.25) is 14.4 Å². The number of anilines is 1. The number of fused-ring (bicyclic) bond motifs is 1. The molecule has 2 N–H and O–H groups in total. The second-order valence-electron chi connectivity index (χ2n) is 11.4. The van der Waals surface area contributed by atoms with E-state index in [9.17, 15) is 14.4 Å². The molecule has 2 saturated heterocycles. The van der Waals surface area contributed by atoms with Gasteiger partial charge in [0.15, 0.2) is 0 Å². The Morgan fingerprint density at radius 2 is 1.71 bits per heavy atom. The molecule has 0 radical (unpaired) electrons. The van der Waals surface area contributed by atoms with E-state index in [1.165, 1.54) is 6.42 Å². The van der Waals surface area contributed by atoms with Crippen LogP contribution in [0.1, 0.15) is 48.8 Å². The summed E-state index contributed by atoms with van der Waals surface area (Å²) in [6.07, 6.45) is 8.46. The molecule has 5 atom stereocenters. The molecule has 6 rings (SSSR count). The molecule has 1 spiro atoms. The molecule has 38 heavy (non-hydrogen) atoms. The lowest BCUT2D eigenvalue weighted by Crippen LogP contribution is -2.56. The van der Waals surface area contributed by atoms with Gasteiger partial charge in [-0.2, -0.15) is 0 Å². The smallest absolute Gasteiger partial charge is 0.246 e. The van der Waals surface area contributed by atoms with Gasteiger partial charge in [0.2, 0.25) is 17.7 Å². The maximum atomic E-state index is 14.1. The number of carbonyl (C=O) groups is 3. The van der Waals surface area contributed by atoms with Gasteiger partial charge in [0, 0.05) is 18.3 Å². The Bertz CT molecular complexity index is 1270. The number of carbonyl (C=O) groups excluding carboxylic acids is 3. The molecule has 7 nitrogen and oxygen atoms in total. The maximum Gasteiger partial charge on any atom is 0.246 e. The molecule has 3 heterocycles. The van der Waals surface area contributed by atoms with E-state index in [0.717, 1.165) is 42.4 Å². The maximum absolute atomic E-state index is 14.1. The van der Waals surface area contributed by atoms with Crippen molar-refractivity contribution in [1.29, 1.82) is 0 Å². The third-order valence-corrected chi connectivity index (χ3v) is 8.56. The molecule has 3 fully saturated rings. The number of hydrogen-bond acceptors (Lipinski definition) is 4. The highest BCUT2D eigenvalue weighted by Gasteiger charge is 2.72. The normalized spacial score (nSPS) is 29.9. The summed E-state index contributed by atoms with van der Waals surface area (Å²) >= 11 is 0. The summed E-state index contributed by atoms with van der Waals surface area (Å²) in [6.45, 7) is 4.25. The Balaban J connectivity index is 1.32. The Morgan fingerprint density at radius 1 is 1.00 bits per heavy atom. The van der Waals surface area contributed by atoms with Crippen LogP contribution in [0.15, 0.2) is 60.7 Å². The Kier molecular flexibility index (Phi) is 6.34. The van der Waals surface area contributed by atoms with Crippen molar-refractivity contribution in [3.63, 3.8) is 0 Å². The molecule has 4 aliphatic rings. The van der Waals surface area contributed by atoms with Gasteiger partial charge in [-0.1, -0.05) is 67.8 Å². The van der Waals surface area contributed by atoms with E-state index in [2.05, 4.69) is 10.6 Å². The second kappa shape index (κ2) is 9.70. The van der Waals surface area contributed by atoms with E-state index in [4.69, 9.17) is 4.74 Å². The average Bonchev–Trinajstić information content (AvgIpc) is 3.52. The van der Waals surface area contributed by atoms with Gasteiger partial charge in [0.1, 0.15) is 11.6 Å². The second-order valence-corrected chi connectivity index (χ2v) is 11.4. The zero-order valence-electron chi connectivity index (χ0n) is 22.0. The predicted molar refractivity (Wildman–Crippen MR) is 144 cm³/mol. The summed E-state index contributed by atoms with van der Waals surface area (Å²) in [7, 11) is 0. The van der Waals surface area contributed by atoms with Crippen LogP contribution >= 0.6 is 0 Å². The van der Waals surface area contributed by atoms with Crippen molar-refractivity contribution < 1.29 is 19.1 Å². The summed E-state index contributed by atoms with van der Waals surface area (Å²) in [5.41, 5.74) is 2.58. The first-order chi connectivity index (χ1) is 18.4. The van der Waals surface area contributed by atoms with Gasteiger partial charge in [-0.25, -0.2) is 0 Å². The van der Waals surface area contributed by atoms with Crippen LogP contribution in [0.2, 0.25) is 0 Å². The molecule has 2 aromatic carbocycles. The van der Waals surface area contributed by atoms with Gasteiger partial charge in [-0.15, -0.1) is 0 Å². The highest BCUT2D eigenvalue weighted by atomic mass is 16.5. The number of amides is 3. The molecule has 3 amide bonds. The summed E-state index contributed by atoms with van der Waals surface area (Å²) in [4.78, 5) is 43.3. The molecule has 2 bridgehead atoms. The Labute approximate surface area is 223 Å². The highest BCUT2D eigenvalue weighted by molar-refractivity contribution is 6.02. The van der Waals surface area contributed by atoms with Crippen LogP contribution in [0.3, 0.4) is 0 Å². The lowest BCUT2D eigenvalue weighted by atomic mass is 9.74. The van der Waals surface area contributed by atoms with E-state index in [-0.39, 0.29) is 30.3 Å². The topological polar surface area (TPSA) is 87.7 Å². The summed E-state index contributed by atoms with van der Waals surface area (Å²) < 4.78 is 6.47. The van der Waals surface area contributed by atoms with E-state index in [1.807, 2.05) is 74.5 Å². The van der Waals surface area contributed by atoms with Crippen LogP contribution in [0.4, 0.5) is 5.69 Å². The van der Waals surface area contributed by atoms with Crippen molar-refractivity contribution >= 4 is 23.4 Å². The minimum absolute atomic E-state index is 0.103. The Hall–Kier alpha value is -3.45. The fraction of sp³-hybridized carbons (Fsp3) is 0.452. The zero-order valence-corrected chi connectivity index (χ0v) is 22.0. The third-order valence-electron chi connectivity index (χ3n) is 8.56. The molecule has 5 unspecified atom stereocenters. The fourth-order valence-corrected chi connectivity index (χ4v) is 7.02. The first-order valence-corrected chi connectivity index (χ1v) is 13.8. The van der Waals surface area contributed by atoms with Gasteiger partial charge < -0.3 is 20.3 Å². The molecular weight excluding hydrogens is 478 g/mol. The van der Waals surface area contributed by atoms with Crippen LogP contribution in [0.25, 0.3) is 0 Å². The van der Waals surface area contributed by atoms with Gasteiger partial charge >= 0.3 is 0 Å². The van der Waals surface area contributed by atoms with Gasteiger partial charge in [-0.05, 0) is 55.5 Å². The number of hydrogen-bond donors (Lipinski definition) is 2. The quantitative estimate of drug-likeness (QED) is 0.571. The van der Waals surface area contributed by atoms with Crippen LogP contribution in [0.5, 0.6) is 0 Å². The van der Waals surface area contributed by atoms with Crippen LogP contribution in [-0.2, 0) is 25.7 Å². The third kappa shape index (κ3) is 4.23. The summed E-state index contributed by atoms with van der Waals surface area (Å²) in [5.74, 6) is -2.11. The minimum atomic E-state index is -1.15. The monoisotopic (exact) mass is 513 g/mol. The molecule has 0 aromatic heterocycles. The Morgan fingerprint density at radius 3 is 2.42 bits per heavy atom. The number of rotatable bonds is 6. The summed E-state index contributed by atoms with van der Waals surface area (Å²) in [5, 5.41) is 6.27. The molecule has 7 heteroatoms. The van der Waals surface area contributed by atoms with E-state index < -0.39 is 29.6 Å². The lowest BCUT2D eigenvalue weighted by molar-refractivity contribution is -0.142. The van der Waals surface area contributed by atoms with Gasteiger partial charge in [0.25, 0.3) is 0 Å². The van der Waals surface area contributed by atoms with Crippen molar-refractivity contribution in [3.05, 3.63) is 77.4 Å². The van der Waals surface area contributed by atoms with E-state index >= 15 is 0 Å². The average molecular weight is 514 g/mol. The number of likely N-dealkylation sites (tertiary alicyclic amines) is 1. The van der Waals surface area contributed by atoms with E-state index in [0.29, 0.717) is 5.69 Å². The van der Waals surface area contributed by atoms with Crippen LogP contribution in [0, 0.1) is 25.7 Å². The molecule has 1 saturated carbocycles. The highest BCUT2D eigenvalue weighted by Crippen LogP contribution is 2.55. The van der Waals surface area contributed by atoms with Crippen molar-refractivity contribution in [3.8, 4) is 0 Å². The zero-order chi connectivity index (χ0) is 26.4. The number of benzene rings is 2. The largest absolute Gasteiger partial charge is 0.359 e. The molecule has 198 valence electrons. The van der Waals surface area contributed by atoms with Crippen molar-refractivity contribution in [1.82, 2.24) is 10.2 Å². The fourth-order valence-electron chi connectivity index (χ4n) is 7.02. The van der Waals surface area contributed by atoms with Crippen molar-refractivity contribution in [2.45, 2.75) is 76.3 Å². The first kappa shape index (κ1) is 24.9. The molecular formula is C31H35N3O4. The summed E-state index contributed by atoms with van der Waals surface area (Å²) in [6, 6.07) is 14.8. The molecule has 2 aromatic rings.